The largest absolute Gasteiger partial charge is 0.245 e. The summed E-state index contributed by atoms with van der Waals surface area (Å²) in [6, 6.07) is 1.78. The van der Waals surface area contributed by atoms with E-state index in [4.69, 9.17) is 0 Å². The van der Waals surface area contributed by atoms with Crippen LogP contribution in [0.4, 0.5) is 0 Å². The molecule has 1 aromatic heterocycles. The molecule has 0 unspecified atom stereocenters. The van der Waals surface area contributed by atoms with Crippen molar-refractivity contribution >= 4 is 27.3 Å². The molecule has 0 amide bonds. The maximum absolute atomic E-state index is 3.67. The molecule has 7 heavy (non-hydrogen) atoms. The van der Waals surface area contributed by atoms with Crippen molar-refractivity contribution < 1.29 is 0 Å². The molecule has 0 spiro atoms. The molecule has 0 atom stereocenters. The second kappa shape index (κ2) is 4.17. The summed E-state index contributed by atoms with van der Waals surface area (Å²) in [4.78, 5) is 7.35. The van der Waals surface area contributed by atoms with Crippen molar-refractivity contribution in [3.05, 3.63) is 24.8 Å². The Hall–Kier alpha value is 0.00208. The van der Waals surface area contributed by atoms with Crippen LogP contribution in [0.1, 0.15) is 0 Å². The van der Waals surface area contributed by atoms with Gasteiger partial charge in [-0.1, -0.05) is 0 Å². The Labute approximate surface area is 62.2 Å². The Morgan fingerprint density at radius 1 is 1.00 bits per heavy atom. The van der Waals surface area contributed by atoms with Crippen LogP contribution in [0.3, 0.4) is 0 Å². The van der Waals surface area contributed by atoms with Gasteiger partial charge < -0.3 is 0 Å². The molecule has 0 saturated heterocycles. The molecule has 2 radical (unpaired) electrons. The first kappa shape index (κ1) is 7.00. The van der Waals surface area contributed by atoms with Crippen LogP contribution in [0.15, 0.2) is 24.8 Å². The molecule has 0 aliphatic heterocycles. The summed E-state index contributed by atoms with van der Waals surface area (Å²) < 4.78 is 0. The molecule has 0 bridgehead atoms. The van der Waals surface area contributed by atoms with E-state index >= 15 is 0 Å². The summed E-state index contributed by atoms with van der Waals surface area (Å²) in [6.45, 7) is 0. The fraction of sp³-hybridized carbons (Fsp3) is 0. The van der Waals surface area contributed by atoms with Crippen molar-refractivity contribution in [1.29, 1.82) is 0 Å². The van der Waals surface area contributed by atoms with Crippen LogP contribution in [0.25, 0.3) is 0 Å². The molecule has 0 saturated carbocycles. The van der Waals surface area contributed by atoms with E-state index in [1.165, 1.54) is 6.33 Å². The molecule has 36 valence electrons. The number of nitrogens with zero attached hydrogens (tertiary/aromatic N) is 2. The van der Waals surface area contributed by atoms with Crippen molar-refractivity contribution in [2.45, 2.75) is 0 Å². The number of rotatable bonds is 0. The molecule has 0 fully saturated rings. The summed E-state index contributed by atoms with van der Waals surface area (Å²) in [5.74, 6) is 0. The summed E-state index contributed by atoms with van der Waals surface area (Å²) in [6.07, 6.45) is 4.88. The van der Waals surface area contributed by atoms with Crippen LogP contribution in [0, 0.1) is 0 Å². The average molecular weight is 289 g/mol. The summed E-state index contributed by atoms with van der Waals surface area (Å²) >= 11 is 0. The number of hydrogen-bond acceptors (Lipinski definition) is 2. The topological polar surface area (TPSA) is 25.8 Å². The van der Waals surface area contributed by atoms with Crippen LogP contribution in [0.5, 0.6) is 0 Å². The van der Waals surface area contributed by atoms with E-state index in [1.807, 2.05) is 0 Å². The molecule has 0 aliphatic rings. The van der Waals surface area contributed by atoms with Crippen LogP contribution >= 0.6 is 0 Å². The van der Waals surface area contributed by atoms with Crippen molar-refractivity contribution in [1.82, 2.24) is 9.97 Å². The van der Waals surface area contributed by atoms with Gasteiger partial charge in [0.1, 0.15) is 6.33 Å². The summed E-state index contributed by atoms with van der Waals surface area (Å²) in [7, 11) is 0. The summed E-state index contributed by atoms with van der Waals surface area (Å²) in [5, 5.41) is 0. The quantitative estimate of drug-likeness (QED) is 0.605. The zero-order valence-electron chi connectivity index (χ0n) is 3.91. The second-order valence-electron chi connectivity index (χ2n) is 0.904. The minimum Gasteiger partial charge on any atom is -0.245 e. The van der Waals surface area contributed by atoms with Gasteiger partial charge >= 0.3 is 27.3 Å². The summed E-state index contributed by atoms with van der Waals surface area (Å²) in [5.41, 5.74) is 0. The predicted molar refractivity (Wildman–Crippen MR) is 30.6 cm³/mol. The van der Waals surface area contributed by atoms with Crippen LogP contribution in [0.2, 0.25) is 0 Å². The molecule has 0 aromatic carbocycles. The van der Waals surface area contributed by atoms with E-state index in [1.54, 1.807) is 18.5 Å². The van der Waals surface area contributed by atoms with Gasteiger partial charge in [-0.25, -0.2) is 9.97 Å². The third-order valence-corrected chi connectivity index (χ3v) is 0.478. The maximum Gasteiger partial charge on any atom is 0.115 e. The Morgan fingerprint density at radius 3 is 1.71 bits per heavy atom. The van der Waals surface area contributed by atoms with Gasteiger partial charge in [0.05, 0.1) is 0 Å². The third kappa shape index (κ3) is 2.67. The maximum atomic E-state index is 3.67. The van der Waals surface area contributed by atoms with Crippen molar-refractivity contribution in [3.63, 3.8) is 0 Å². The Kier molecular flexibility index (Phi) is 4.17. The van der Waals surface area contributed by atoms with Crippen molar-refractivity contribution in [3.8, 4) is 0 Å². The zero-order chi connectivity index (χ0) is 4.24. The minimum absolute atomic E-state index is 0. The van der Waals surface area contributed by atoms with Gasteiger partial charge in [0.15, 0.2) is 0 Å². The molecule has 3 heteroatoms. The SMILES string of the molecule is [PbH2].c1cncnc1. The van der Waals surface area contributed by atoms with Crippen LogP contribution < -0.4 is 0 Å². The Balaban J connectivity index is 0.000000360. The fourth-order valence-corrected chi connectivity index (χ4v) is 0.253. The monoisotopic (exact) mass is 290 g/mol. The van der Waals surface area contributed by atoms with E-state index in [0.29, 0.717) is 0 Å². The smallest absolute Gasteiger partial charge is 0.115 e. The molecular weight excluding hydrogens is 283 g/mol. The Morgan fingerprint density at radius 2 is 1.57 bits per heavy atom. The fourth-order valence-electron chi connectivity index (χ4n) is 0.253. The molecule has 1 rings (SSSR count). The van der Waals surface area contributed by atoms with Gasteiger partial charge in [0.25, 0.3) is 0 Å². The molecule has 0 N–H and O–H groups in total. The molecule has 0 aliphatic carbocycles. The van der Waals surface area contributed by atoms with Gasteiger partial charge in [0.2, 0.25) is 0 Å². The van der Waals surface area contributed by atoms with E-state index in [2.05, 4.69) is 9.97 Å². The number of hydrogen-bond donors (Lipinski definition) is 0. The van der Waals surface area contributed by atoms with E-state index in [9.17, 15) is 0 Å². The van der Waals surface area contributed by atoms with Crippen molar-refractivity contribution in [2.75, 3.05) is 0 Å². The van der Waals surface area contributed by atoms with E-state index in [-0.39, 0.29) is 27.3 Å². The van der Waals surface area contributed by atoms with Crippen molar-refractivity contribution in [2.24, 2.45) is 0 Å². The second-order valence-corrected chi connectivity index (χ2v) is 0.904. The molecule has 1 aromatic rings. The number of aromatic nitrogens is 2. The first-order valence-corrected chi connectivity index (χ1v) is 1.70. The molecule has 2 nitrogen and oxygen atoms in total. The van der Waals surface area contributed by atoms with Gasteiger partial charge in [0, 0.05) is 12.4 Å². The van der Waals surface area contributed by atoms with Crippen LogP contribution in [-0.4, -0.2) is 37.3 Å². The minimum atomic E-state index is 0. The molecule has 1 heterocycles. The third-order valence-electron chi connectivity index (χ3n) is 0.478. The first-order chi connectivity index (χ1) is 3.00. The van der Waals surface area contributed by atoms with Gasteiger partial charge in [-0.2, -0.15) is 0 Å². The van der Waals surface area contributed by atoms with Gasteiger partial charge in [-0.3, -0.25) is 0 Å². The van der Waals surface area contributed by atoms with Crippen LogP contribution in [-0.2, 0) is 0 Å². The van der Waals surface area contributed by atoms with Gasteiger partial charge in [-0.05, 0) is 6.07 Å². The van der Waals surface area contributed by atoms with Gasteiger partial charge in [-0.15, -0.1) is 0 Å². The molecular formula is C4H6N2Pb. The van der Waals surface area contributed by atoms with E-state index in [0.717, 1.165) is 0 Å². The zero-order valence-corrected chi connectivity index (χ0v) is 9.41. The normalized spacial score (nSPS) is 6.86. The predicted octanol–water partition coefficient (Wildman–Crippen LogP) is -0.440. The first-order valence-electron chi connectivity index (χ1n) is 1.70. The van der Waals surface area contributed by atoms with E-state index < -0.39 is 0 Å². The standard InChI is InChI=1S/C4H4N2.Pb.2H/c1-2-5-4-6-3-1;;;/h1-4H;;;. The average Bonchev–Trinajstić information content (AvgIpc) is 1.72. The Bertz CT molecular complexity index is 81.6.